The summed E-state index contributed by atoms with van der Waals surface area (Å²) in [4.78, 5) is 0. The Morgan fingerprint density at radius 1 is 1.24 bits per heavy atom. The molecule has 0 aliphatic heterocycles. The molecule has 0 saturated heterocycles. The highest BCUT2D eigenvalue weighted by atomic mass is 35.5. The molecule has 1 aliphatic rings. The van der Waals surface area contributed by atoms with Gasteiger partial charge in [-0.1, -0.05) is 67.9 Å². The fourth-order valence-corrected chi connectivity index (χ4v) is 3.73. The Balaban J connectivity index is 1.92. The van der Waals surface area contributed by atoms with Gasteiger partial charge in [0.2, 0.25) is 0 Å². The second kappa shape index (κ2) is 9.02. The molecule has 0 bridgehead atoms. The molecule has 1 N–H and O–H groups in total. The van der Waals surface area contributed by atoms with E-state index in [0.29, 0.717) is 11.1 Å². The first-order valence-corrected chi connectivity index (χ1v) is 9.12. The summed E-state index contributed by atoms with van der Waals surface area (Å²) < 4.78 is 0. The van der Waals surface area contributed by atoms with Crippen molar-refractivity contribution in [3.05, 3.63) is 33.8 Å². The largest absolute Gasteiger partial charge is 0.314 e. The van der Waals surface area contributed by atoms with Crippen LogP contribution in [0.5, 0.6) is 0 Å². The van der Waals surface area contributed by atoms with Gasteiger partial charge in [-0.3, -0.25) is 0 Å². The molecule has 0 spiro atoms. The highest BCUT2D eigenvalue weighted by Crippen LogP contribution is 2.30. The molecule has 0 aromatic heterocycles. The van der Waals surface area contributed by atoms with Crippen LogP contribution < -0.4 is 5.32 Å². The number of nitrogens with one attached hydrogen (secondary N) is 1. The number of halogens is 2. The molecule has 0 radical (unpaired) electrons. The summed E-state index contributed by atoms with van der Waals surface area (Å²) >= 11 is 12.5. The lowest BCUT2D eigenvalue weighted by molar-refractivity contribution is 0.402. The molecule has 0 amide bonds. The second-order valence-corrected chi connectivity index (χ2v) is 7.08. The zero-order valence-corrected chi connectivity index (χ0v) is 14.5. The lowest BCUT2D eigenvalue weighted by atomic mass is 9.95. The third-order valence-corrected chi connectivity index (χ3v) is 5.44. The summed E-state index contributed by atoms with van der Waals surface area (Å²) in [6, 6.07) is 6.48. The first-order chi connectivity index (χ1) is 10.2. The van der Waals surface area contributed by atoms with Crippen LogP contribution in [0.1, 0.15) is 57.4 Å². The number of hydrogen-bond acceptors (Lipinski definition) is 1. The van der Waals surface area contributed by atoms with E-state index in [1.807, 2.05) is 12.1 Å². The topological polar surface area (TPSA) is 12.0 Å². The maximum atomic E-state index is 6.34. The highest BCUT2D eigenvalue weighted by Gasteiger charge is 2.18. The van der Waals surface area contributed by atoms with Crippen LogP contribution in [-0.4, -0.2) is 12.6 Å². The first kappa shape index (κ1) is 17.1. The average Bonchev–Trinajstić information content (AvgIpc) is 2.99. The van der Waals surface area contributed by atoms with E-state index >= 15 is 0 Å². The van der Waals surface area contributed by atoms with Crippen molar-refractivity contribution in [2.75, 3.05) is 6.54 Å². The fraction of sp³-hybridized carbons (Fsp3) is 0.667. The molecule has 1 unspecified atom stereocenters. The molecule has 3 heteroatoms. The van der Waals surface area contributed by atoms with E-state index in [2.05, 4.69) is 18.3 Å². The molecule has 1 aliphatic carbocycles. The van der Waals surface area contributed by atoms with Crippen LogP contribution in [0.25, 0.3) is 0 Å². The van der Waals surface area contributed by atoms with Crippen LogP contribution in [0, 0.1) is 5.92 Å². The van der Waals surface area contributed by atoms with Gasteiger partial charge in [-0.25, -0.2) is 0 Å². The summed E-state index contributed by atoms with van der Waals surface area (Å²) in [5, 5.41) is 5.08. The smallest absolute Gasteiger partial charge is 0.0624 e. The minimum atomic E-state index is 0.515. The molecule has 1 nitrogen and oxygen atoms in total. The van der Waals surface area contributed by atoms with Gasteiger partial charge in [0.25, 0.3) is 0 Å². The van der Waals surface area contributed by atoms with Crippen LogP contribution in [0.3, 0.4) is 0 Å². The Kier molecular flexibility index (Phi) is 7.36. The van der Waals surface area contributed by atoms with Crippen molar-refractivity contribution >= 4 is 23.2 Å². The Hall–Kier alpha value is -0.240. The van der Waals surface area contributed by atoms with Gasteiger partial charge in [0.15, 0.2) is 0 Å². The predicted octanol–water partition coefficient (Wildman–Crippen LogP) is 5.87. The average molecular weight is 328 g/mol. The second-order valence-electron chi connectivity index (χ2n) is 6.30. The molecule has 1 atom stereocenters. The van der Waals surface area contributed by atoms with Crippen LogP contribution in [0.2, 0.25) is 10.0 Å². The van der Waals surface area contributed by atoms with Crippen LogP contribution in [0.4, 0.5) is 0 Å². The maximum absolute atomic E-state index is 6.34. The Labute approximate surface area is 139 Å². The van der Waals surface area contributed by atoms with E-state index in [-0.39, 0.29) is 0 Å². The number of rotatable bonds is 8. The number of benzene rings is 1. The van der Waals surface area contributed by atoms with Crippen molar-refractivity contribution in [3.63, 3.8) is 0 Å². The van der Waals surface area contributed by atoms with Gasteiger partial charge in [0.1, 0.15) is 0 Å². The van der Waals surface area contributed by atoms with E-state index in [4.69, 9.17) is 23.2 Å². The molecule has 21 heavy (non-hydrogen) atoms. The van der Waals surface area contributed by atoms with Gasteiger partial charge in [-0.2, -0.15) is 0 Å². The van der Waals surface area contributed by atoms with Crippen molar-refractivity contribution in [3.8, 4) is 0 Å². The van der Waals surface area contributed by atoms with Crippen LogP contribution >= 0.6 is 23.2 Å². The van der Waals surface area contributed by atoms with Gasteiger partial charge < -0.3 is 5.32 Å². The van der Waals surface area contributed by atoms with Gasteiger partial charge in [0.05, 0.1) is 10.0 Å². The van der Waals surface area contributed by atoms with Gasteiger partial charge in [0, 0.05) is 6.04 Å². The van der Waals surface area contributed by atoms with Crippen LogP contribution in [-0.2, 0) is 6.42 Å². The predicted molar refractivity (Wildman–Crippen MR) is 93.4 cm³/mol. The molecule has 118 valence electrons. The standard InChI is InChI=1S/C18H27Cl2N/c1-2-12-21-16(11-10-14-6-3-4-7-14)13-15-8-5-9-17(19)18(15)20/h5,8-9,14,16,21H,2-4,6-7,10-13H2,1H3. The van der Waals surface area contributed by atoms with Crippen molar-refractivity contribution in [2.24, 2.45) is 5.92 Å². The maximum Gasteiger partial charge on any atom is 0.0624 e. The molecule has 1 aromatic rings. The quantitative estimate of drug-likeness (QED) is 0.629. The first-order valence-electron chi connectivity index (χ1n) is 8.37. The van der Waals surface area contributed by atoms with Crippen molar-refractivity contribution in [1.29, 1.82) is 0 Å². The monoisotopic (exact) mass is 327 g/mol. The lowest BCUT2D eigenvalue weighted by Gasteiger charge is -2.21. The third kappa shape index (κ3) is 5.47. The summed E-state index contributed by atoms with van der Waals surface area (Å²) in [6.45, 7) is 3.29. The minimum Gasteiger partial charge on any atom is -0.314 e. The van der Waals surface area contributed by atoms with Crippen molar-refractivity contribution in [2.45, 2.75) is 64.3 Å². The fourth-order valence-electron chi connectivity index (χ4n) is 3.33. The van der Waals surface area contributed by atoms with Gasteiger partial charge in [-0.15, -0.1) is 0 Å². The Morgan fingerprint density at radius 3 is 2.71 bits per heavy atom. The summed E-state index contributed by atoms with van der Waals surface area (Å²) in [5.74, 6) is 0.950. The van der Waals surface area contributed by atoms with Crippen molar-refractivity contribution in [1.82, 2.24) is 5.32 Å². The summed E-state index contributed by atoms with van der Waals surface area (Å²) in [6.07, 6.45) is 10.5. The van der Waals surface area contributed by atoms with E-state index in [9.17, 15) is 0 Å². The normalized spacial score (nSPS) is 17.3. The summed E-state index contributed by atoms with van der Waals surface area (Å²) in [5.41, 5.74) is 1.17. The molecule has 1 saturated carbocycles. The molecule has 1 aromatic carbocycles. The van der Waals surface area contributed by atoms with E-state index in [1.54, 1.807) is 0 Å². The van der Waals surface area contributed by atoms with E-state index < -0.39 is 0 Å². The third-order valence-electron chi connectivity index (χ3n) is 4.58. The van der Waals surface area contributed by atoms with Crippen molar-refractivity contribution < 1.29 is 0 Å². The molecule has 0 heterocycles. The Morgan fingerprint density at radius 2 is 2.00 bits per heavy atom. The molecular formula is C18H27Cl2N. The van der Waals surface area contributed by atoms with E-state index in [1.165, 1.54) is 50.5 Å². The molecule has 1 fully saturated rings. The molecule has 2 rings (SSSR count). The Bertz CT molecular complexity index is 427. The SMILES string of the molecule is CCCNC(CCC1CCCC1)Cc1cccc(Cl)c1Cl. The van der Waals surface area contributed by atoms with Gasteiger partial charge in [-0.05, 0) is 49.8 Å². The zero-order valence-electron chi connectivity index (χ0n) is 13.0. The van der Waals surface area contributed by atoms with Gasteiger partial charge >= 0.3 is 0 Å². The summed E-state index contributed by atoms with van der Waals surface area (Å²) in [7, 11) is 0. The van der Waals surface area contributed by atoms with E-state index in [0.717, 1.165) is 23.9 Å². The van der Waals surface area contributed by atoms with Crippen LogP contribution in [0.15, 0.2) is 18.2 Å². The molecular weight excluding hydrogens is 301 g/mol. The highest BCUT2D eigenvalue weighted by molar-refractivity contribution is 6.42. The number of hydrogen-bond donors (Lipinski definition) is 1. The zero-order chi connectivity index (χ0) is 15.1. The minimum absolute atomic E-state index is 0.515. The lowest BCUT2D eigenvalue weighted by Crippen LogP contribution is -2.32.